The molecule has 0 heterocycles. The molecule has 0 aliphatic heterocycles. The van der Waals surface area contributed by atoms with Gasteiger partial charge in [-0.25, -0.2) is 5.84 Å². The number of hydrogen-bond acceptors (Lipinski definition) is 3. The van der Waals surface area contributed by atoms with Gasteiger partial charge in [-0.3, -0.25) is 0 Å². The van der Waals surface area contributed by atoms with Gasteiger partial charge in [-0.05, 0) is 38.3 Å². The van der Waals surface area contributed by atoms with E-state index in [-0.39, 0.29) is 0 Å². The van der Waals surface area contributed by atoms with E-state index in [1.807, 2.05) is 6.92 Å². The Kier molecular flexibility index (Phi) is 5.11. The lowest BCUT2D eigenvalue weighted by Crippen LogP contribution is -2.29. The predicted octanol–water partition coefficient (Wildman–Crippen LogP) is 1.45. The van der Waals surface area contributed by atoms with Crippen LogP contribution in [0.4, 0.5) is 0 Å². The van der Waals surface area contributed by atoms with Gasteiger partial charge >= 0.3 is 0 Å². The highest BCUT2D eigenvalue weighted by atomic mass is 79.9. The summed E-state index contributed by atoms with van der Waals surface area (Å²) in [4.78, 5) is 0. The third-order valence-corrected chi connectivity index (χ3v) is 2.70. The van der Waals surface area contributed by atoms with E-state index in [9.17, 15) is 0 Å². The summed E-state index contributed by atoms with van der Waals surface area (Å²) in [5.41, 5.74) is 5.39. The Balaban J connectivity index is 3.94. The van der Waals surface area contributed by atoms with Gasteiger partial charge in [-0.15, -0.1) is 0 Å². The molecule has 0 amide bonds. The van der Waals surface area contributed by atoms with Crippen molar-refractivity contribution in [2.24, 2.45) is 11.6 Å². The minimum Gasteiger partial charge on any atom is -0.391 e. The summed E-state index contributed by atoms with van der Waals surface area (Å²) in [6.45, 7) is 2.83. The lowest BCUT2D eigenvalue weighted by molar-refractivity contribution is 0.384. The first kappa shape index (κ1) is 10.3. The zero-order valence-corrected chi connectivity index (χ0v) is 8.94. The molecule has 0 rings (SSSR count). The fraction of sp³-hybridized carbons (Fsp3) is 0.600. The van der Waals surface area contributed by atoms with Crippen LogP contribution in [0.5, 0.6) is 0 Å². The highest BCUT2D eigenvalue weighted by molar-refractivity contribution is 9.14. The SMILES string of the molecule is CCCN(N)/C(Br)=C(\N)Br. The second-order valence-electron chi connectivity index (χ2n) is 1.83. The van der Waals surface area contributed by atoms with E-state index in [0.29, 0.717) is 9.21 Å². The fourth-order valence-corrected chi connectivity index (χ4v) is 0.881. The molecule has 5 heteroatoms. The average molecular weight is 273 g/mol. The van der Waals surface area contributed by atoms with Gasteiger partial charge in [0, 0.05) is 6.54 Å². The third kappa shape index (κ3) is 3.43. The number of rotatable bonds is 3. The molecule has 10 heavy (non-hydrogen) atoms. The van der Waals surface area contributed by atoms with Crippen LogP contribution in [-0.2, 0) is 0 Å². The van der Waals surface area contributed by atoms with Crippen molar-refractivity contribution in [1.29, 1.82) is 0 Å². The van der Waals surface area contributed by atoms with Crippen molar-refractivity contribution in [2.75, 3.05) is 6.54 Å². The molecule has 0 atom stereocenters. The van der Waals surface area contributed by atoms with E-state index < -0.39 is 0 Å². The third-order valence-electron chi connectivity index (χ3n) is 0.914. The Hall–Kier alpha value is 0.260. The van der Waals surface area contributed by atoms with Crippen LogP contribution in [0.25, 0.3) is 0 Å². The van der Waals surface area contributed by atoms with Gasteiger partial charge in [0.05, 0.1) is 0 Å². The van der Waals surface area contributed by atoms with Crippen molar-refractivity contribution >= 4 is 31.9 Å². The molecule has 0 spiro atoms. The first-order chi connectivity index (χ1) is 4.59. The number of halogens is 2. The van der Waals surface area contributed by atoms with Crippen LogP contribution in [0.3, 0.4) is 0 Å². The average Bonchev–Trinajstić information content (AvgIpc) is 1.87. The van der Waals surface area contributed by atoms with Crippen LogP contribution in [0.15, 0.2) is 9.21 Å². The van der Waals surface area contributed by atoms with Crippen LogP contribution < -0.4 is 11.6 Å². The summed E-state index contributed by atoms with van der Waals surface area (Å²) in [6, 6.07) is 0. The Morgan fingerprint density at radius 3 is 2.30 bits per heavy atom. The molecule has 3 nitrogen and oxygen atoms in total. The minimum atomic E-state index is 0.517. The number of hydrazine groups is 1. The van der Waals surface area contributed by atoms with E-state index in [2.05, 4.69) is 31.9 Å². The highest BCUT2D eigenvalue weighted by Crippen LogP contribution is 2.14. The molecule has 0 bridgehead atoms. The Labute approximate surface area is 77.7 Å². The molecule has 0 aromatic carbocycles. The monoisotopic (exact) mass is 271 g/mol. The van der Waals surface area contributed by atoms with Crippen LogP contribution in [0, 0.1) is 0 Å². The van der Waals surface area contributed by atoms with Crippen molar-refractivity contribution in [3.63, 3.8) is 0 Å². The molecule has 0 aromatic rings. The predicted molar refractivity (Wildman–Crippen MR) is 50.3 cm³/mol. The van der Waals surface area contributed by atoms with Gasteiger partial charge in [-0.2, -0.15) is 0 Å². The van der Waals surface area contributed by atoms with Crippen molar-refractivity contribution < 1.29 is 0 Å². The van der Waals surface area contributed by atoms with E-state index in [4.69, 9.17) is 11.6 Å². The molecule has 0 fully saturated rings. The fourth-order valence-electron chi connectivity index (χ4n) is 0.476. The zero-order chi connectivity index (χ0) is 8.15. The zero-order valence-electron chi connectivity index (χ0n) is 5.77. The Morgan fingerprint density at radius 2 is 2.00 bits per heavy atom. The first-order valence-electron chi connectivity index (χ1n) is 2.92. The molecule has 0 radical (unpaired) electrons. The van der Waals surface area contributed by atoms with Crippen molar-refractivity contribution in [2.45, 2.75) is 13.3 Å². The van der Waals surface area contributed by atoms with E-state index in [0.717, 1.165) is 13.0 Å². The van der Waals surface area contributed by atoms with E-state index >= 15 is 0 Å². The van der Waals surface area contributed by atoms with Gasteiger partial charge in [-0.1, -0.05) is 6.92 Å². The second kappa shape index (κ2) is 4.98. The number of nitrogens with two attached hydrogens (primary N) is 2. The largest absolute Gasteiger partial charge is 0.391 e. The molecular weight excluding hydrogens is 262 g/mol. The lowest BCUT2D eigenvalue weighted by Gasteiger charge is -2.16. The molecule has 0 saturated carbocycles. The Morgan fingerprint density at radius 1 is 1.50 bits per heavy atom. The summed E-state index contributed by atoms with van der Waals surface area (Å²) < 4.78 is 1.21. The summed E-state index contributed by atoms with van der Waals surface area (Å²) in [5.74, 6) is 5.55. The summed E-state index contributed by atoms with van der Waals surface area (Å²) >= 11 is 6.32. The van der Waals surface area contributed by atoms with Gasteiger partial charge < -0.3 is 10.7 Å². The van der Waals surface area contributed by atoms with Crippen molar-refractivity contribution in [3.05, 3.63) is 9.21 Å². The normalized spacial score (nSPS) is 12.8. The lowest BCUT2D eigenvalue weighted by atomic mass is 10.5. The van der Waals surface area contributed by atoms with Gasteiger partial charge in [0.25, 0.3) is 0 Å². The maximum Gasteiger partial charge on any atom is 0.125 e. The summed E-state index contributed by atoms with van der Waals surface area (Å²) in [6.07, 6.45) is 0.992. The summed E-state index contributed by atoms with van der Waals surface area (Å²) in [5, 5.41) is 1.55. The summed E-state index contributed by atoms with van der Waals surface area (Å²) in [7, 11) is 0. The quantitative estimate of drug-likeness (QED) is 0.465. The van der Waals surface area contributed by atoms with Crippen molar-refractivity contribution in [3.8, 4) is 0 Å². The molecule has 4 N–H and O–H groups in total. The molecule has 0 aliphatic carbocycles. The molecule has 0 saturated heterocycles. The van der Waals surface area contributed by atoms with E-state index in [1.165, 1.54) is 0 Å². The van der Waals surface area contributed by atoms with E-state index in [1.54, 1.807) is 5.01 Å². The first-order valence-corrected chi connectivity index (χ1v) is 4.51. The maximum atomic E-state index is 5.55. The smallest absolute Gasteiger partial charge is 0.125 e. The van der Waals surface area contributed by atoms with Crippen LogP contribution in [0.2, 0.25) is 0 Å². The van der Waals surface area contributed by atoms with Crippen LogP contribution >= 0.6 is 31.9 Å². The van der Waals surface area contributed by atoms with Crippen LogP contribution in [-0.4, -0.2) is 11.6 Å². The topological polar surface area (TPSA) is 55.3 Å². The second-order valence-corrected chi connectivity index (χ2v) is 3.44. The van der Waals surface area contributed by atoms with Gasteiger partial charge in [0.1, 0.15) is 9.21 Å². The van der Waals surface area contributed by atoms with Gasteiger partial charge in [0.2, 0.25) is 0 Å². The highest BCUT2D eigenvalue weighted by Gasteiger charge is 2.02. The molecular formula is C5H11Br2N3. The molecule has 60 valence electrons. The van der Waals surface area contributed by atoms with Gasteiger partial charge in [0.15, 0.2) is 0 Å². The molecule has 0 aromatic heterocycles. The standard InChI is InChI=1S/C5H11Br2N3/c1-2-3-10(9)5(7)4(6)8/h2-3,8-9H2,1H3/b5-4-. The number of hydrogen-bond donors (Lipinski definition) is 2. The van der Waals surface area contributed by atoms with Crippen LogP contribution in [0.1, 0.15) is 13.3 Å². The Bertz CT molecular complexity index is 131. The minimum absolute atomic E-state index is 0.517. The molecule has 0 aliphatic rings. The maximum absolute atomic E-state index is 5.55. The number of nitrogens with zero attached hydrogens (tertiary/aromatic N) is 1. The molecule has 0 unspecified atom stereocenters. The van der Waals surface area contributed by atoms with Crippen molar-refractivity contribution in [1.82, 2.24) is 5.01 Å².